The van der Waals surface area contributed by atoms with Crippen LogP contribution >= 0.6 is 7.82 Å². The van der Waals surface area contributed by atoms with Crippen molar-refractivity contribution in [2.45, 2.75) is 116 Å². The number of hydrogen-bond donors (Lipinski definition) is 5. The van der Waals surface area contributed by atoms with Crippen LogP contribution in [0.15, 0.2) is 69.8 Å². The van der Waals surface area contributed by atoms with Crippen LogP contribution < -0.4 is 25.2 Å². The molecule has 4 aliphatic heterocycles. The van der Waals surface area contributed by atoms with Gasteiger partial charge in [0.15, 0.2) is 29.2 Å². The molecule has 4 aliphatic rings. The van der Waals surface area contributed by atoms with E-state index in [-0.39, 0.29) is 55.9 Å². The molecule has 3 aromatic heterocycles. The van der Waals surface area contributed by atoms with Crippen molar-refractivity contribution in [3.05, 3.63) is 89.3 Å². The molecule has 4 atom stereocenters. The number of H-pyrrole nitrogens is 1. The molecule has 1 spiro atoms. The molecule has 346 valence electrons. The standard InChI is InChI=1S/C49H55N6O10P/c1-7-11-20-60-66(59,61-21-12-8-2)65-35-19-17-28-29-14-13-15-31-39(29)55-47-49(31)32-22-27(16-18-34(32)63-47)23-33(52-46(57)48(58,9-3)10-4)43(56)53-38(26(5)6)45-54-41(42(49)64-45)44-51-25-36(62-44)30-24-50-40(35)37(28)30/h13-19,22,24-26,33,38,47,50,55,58H,7-12,20-21,23H2,1-6H3,(H,52,57)(H,53,56)/t33-,38-,47?,49?/m0/s1. The third-order valence-corrected chi connectivity index (χ3v) is 14.9. The second-order valence-corrected chi connectivity index (χ2v) is 19.5. The number of unbranched alkanes of at least 4 members (excludes halogenated alkanes) is 2. The van der Waals surface area contributed by atoms with Crippen molar-refractivity contribution in [1.29, 1.82) is 0 Å². The number of hydrogen-bond acceptors (Lipinski definition) is 13. The van der Waals surface area contributed by atoms with E-state index in [4.69, 9.17) is 37.1 Å². The maximum absolute atomic E-state index is 14.4. The number of aliphatic hydroxyl groups is 1. The number of phosphoric ester groups is 1. The number of carbonyl (C=O) groups excluding carboxylic acids is 2. The van der Waals surface area contributed by atoms with Crippen molar-refractivity contribution < 1.29 is 46.4 Å². The fourth-order valence-electron chi connectivity index (χ4n) is 9.69. The van der Waals surface area contributed by atoms with Gasteiger partial charge in [0, 0.05) is 45.9 Å². The fourth-order valence-corrected chi connectivity index (χ4v) is 11.0. The van der Waals surface area contributed by atoms with Gasteiger partial charge in [-0.15, -0.1) is 0 Å². The van der Waals surface area contributed by atoms with Crippen LogP contribution in [0.5, 0.6) is 11.5 Å². The van der Waals surface area contributed by atoms with E-state index in [2.05, 4.69) is 20.9 Å². The third kappa shape index (κ3) is 6.94. The Balaban J connectivity index is 1.19. The van der Waals surface area contributed by atoms with Gasteiger partial charge >= 0.3 is 7.82 Å². The summed E-state index contributed by atoms with van der Waals surface area (Å²) in [6, 6.07) is 13.7. The number of ether oxygens (including phenoxy) is 1. The van der Waals surface area contributed by atoms with Crippen molar-refractivity contribution in [2.24, 2.45) is 5.92 Å². The van der Waals surface area contributed by atoms with Crippen LogP contribution in [-0.4, -0.2) is 63.0 Å². The number of amides is 2. The summed E-state index contributed by atoms with van der Waals surface area (Å²) in [7, 11) is -4.05. The number of nitrogens with zero attached hydrogens (tertiary/aromatic N) is 2. The first-order valence-electron chi connectivity index (χ1n) is 23.1. The van der Waals surface area contributed by atoms with E-state index in [1.54, 1.807) is 32.3 Å². The molecule has 5 N–H and O–H groups in total. The summed E-state index contributed by atoms with van der Waals surface area (Å²) in [6.45, 7) is 11.9. The zero-order valence-electron chi connectivity index (χ0n) is 37.9. The number of benzene rings is 3. The minimum absolute atomic E-state index is 0.117. The van der Waals surface area contributed by atoms with Gasteiger partial charge in [-0.25, -0.2) is 14.5 Å². The molecule has 2 amide bonds. The summed E-state index contributed by atoms with van der Waals surface area (Å²) in [5, 5.41) is 21.7. The van der Waals surface area contributed by atoms with Crippen molar-refractivity contribution in [2.75, 3.05) is 18.5 Å². The second-order valence-electron chi connectivity index (χ2n) is 17.9. The Bertz CT molecular complexity index is 2900. The van der Waals surface area contributed by atoms with Gasteiger partial charge in [-0.2, -0.15) is 0 Å². The number of phosphoric acid groups is 1. The van der Waals surface area contributed by atoms with E-state index in [9.17, 15) is 19.3 Å². The lowest BCUT2D eigenvalue weighted by molar-refractivity contribution is -0.143. The molecule has 0 aliphatic carbocycles. The van der Waals surface area contributed by atoms with E-state index in [1.165, 1.54) is 0 Å². The lowest BCUT2D eigenvalue weighted by atomic mass is 9.72. The normalized spacial score (nSPS) is 20.2. The number of carbonyl (C=O) groups is 2. The van der Waals surface area contributed by atoms with Gasteiger partial charge in [0.1, 0.15) is 28.8 Å². The van der Waals surface area contributed by atoms with Gasteiger partial charge in [-0.1, -0.05) is 84.7 Å². The highest BCUT2D eigenvalue weighted by atomic mass is 31.2. The average molecular weight is 919 g/mol. The SMILES string of the molecule is CCCCOP(=O)(OCCCC)Oc1ccc2c3c(c[nH]c13)-c1cnc(o1)-c1nc3oc1C14c5cc(ccc5OC1Nc1c-2cccc14)C[C@H](NC(=O)C(O)(CC)CC)C(=O)N[C@H]3C(C)C. The minimum Gasteiger partial charge on any atom is -0.469 e. The Morgan fingerprint density at radius 1 is 0.985 bits per heavy atom. The zero-order chi connectivity index (χ0) is 46.1. The Labute approximate surface area is 382 Å². The minimum atomic E-state index is -4.05. The van der Waals surface area contributed by atoms with Crippen molar-refractivity contribution in [1.82, 2.24) is 25.6 Å². The molecule has 0 fully saturated rings. The molecule has 10 rings (SSSR count). The van der Waals surface area contributed by atoms with E-state index in [1.807, 2.05) is 70.2 Å². The number of aromatic nitrogens is 3. The van der Waals surface area contributed by atoms with Gasteiger partial charge in [-0.3, -0.25) is 18.6 Å². The molecule has 66 heavy (non-hydrogen) atoms. The molecule has 0 saturated carbocycles. The first-order chi connectivity index (χ1) is 31.9. The molecule has 10 bridgehead atoms. The van der Waals surface area contributed by atoms with Crippen LogP contribution in [0, 0.1) is 5.92 Å². The smallest absolute Gasteiger partial charge is 0.469 e. The van der Waals surface area contributed by atoms with E-state index in [0.717, 1.165) is 51.7 Å². The number of aromatic amines is 1. The van der Waals surface area contributed by atoms with Crippen LogP contribution in [0.25, 0.3) is 44.9 Å². The summed E-state index contributed by atoms with van der Waals surface area (Å²) in [4.78, 5) is 41.5. The van der Waals surface area contributed by atoms with Crippen LogP contribution in [0.2, 0.25) is 0 Å². The Kier molecular flexibility index (Phi) is 11.1. The maximum atomic E-state index is 14.4. The number of para-hydroxylation sites is 1. The zero-order valence-corrected chi connectivity index (χ0v) is 38.8. The summed E-state index contributed by atoms with van der Waals surface area (Å²) in [5.41, 5.74) is 3.45. The molecular weight excluding hydrogens is 864 g/mol. The monoisotopic (exact) mass is 918 g/mol. The van der Waals surface area contributed by atoms with Crippen LogP contribution in [0.1, 0.15) is 114 Å². The van der Waals surface area contributed by atoms with Crippen molar-refractivity contribution in [3.8, 4) is 45.5 Å². The highest BCUT2D eigenvalue weighted by Gasteiger charge is 2.62. The van der Waals surface area contributed by atoms with E-state index < -0.39 is 49.0 Å². The largest absolute Gasteiger partial charge is 0.530 e. The molecular formula is C49H55N6O10P. The quantitative estimate of drug-likeness (QED) is 0.0480. The molecule has 7 heterocycles. The van der Waals surface area contributed by atoms with Gasteiger partial charge in [0.2, 0.25) is 17.7 Å². The molecule has 3 aromatic carbocycles. The topological polar surface area (TPSA) is 212 Å². The Morgan fingerprint density at radius 2 is 1.76 bits per heavy atom. The van der Waals surface area contributed by atoms with E-state index in [0.29, 0.717) is 46.9 Å². The number of oxazole rings is 2. The molecule has 6 aromatic rings. The maximum Gasteiger partial charge on any atom is 0.530 e. The molecule has 17 heteroatoms. The molecule has 2 unspecified atom stereocenters. The lowest BCUT2D eigenvalue weighted by Crippen LogP contribution is -2.55. The van der Waals surface area contributed by atoms with Crippen LogP contribution in [0.3, 0.4) is 0 Å². The molecule has 0 radical (unpaired) electrons. The van der Waals surface area contributed by atoms with E-state index >= 15 is 0 Å². The van der Waals surface area contributed by atoms with Gasteiger partial charge in [-0.05, 0) is 60.9 Å². The first-order valence-corrected chi connectivity index (χ1v) is 24.6. The lowest BCUT2D eigenvalue weighted by Gasteiger charge is -2.30. The number of fused-ring (bicyclic) bond motifs is 7. The average Bonchev–Trinajstić information content (AvgIpc) is 4.15. The fraction of sp³-hybridized carbons (Fsp3) is 0.429. The predicted molar refractivity (Wildman–Crippen MR) is 246 cm³/mol. The molecule has 0 saturated heterocycles. The van der Waals surface area contributed by atoms with Crippen molar-refractivity contribution in [3.63, 3.8) is 0 Å². The third-order valence-electron chi connectivity index (χ3n) is 13.5. The second kappa shape index (κ2) is 16.7. The number of anilines is 1. The Hall–Kier alpha value is -5.93. The van der Waals surface area contributed by atoms with Crippen molar-refractivity contribution >= 4 is 36.2 Å². The van der Waals surface area contributed by atoms with Gasteiger partial charge in [0.25, 0.3) is 5.91 Å². The number of rotatable bonds is 15. The van der Waals surface area contributed by atoms with Gasteiger partial charge < -0.3 is 44.1 Å². The highest BCUT2D eigenvalue weighted by Crippen LogP contribution is 2.62. The van der Waals surface area contributed by atoms with Crippen LogP contribution in [0.4, 0.5) is 5.69 Å². The summed E-state index contributed by atoms with van der Waals surface area (Å²) >= 11 is 0. The molecule has 16 nitrogen and oxygen atoms in total. The Morgan fingerprint density at radius 3 is 2.48 bits per heavy atom. The van der Waals surface area contributed by atoms with Gasteiger partial charge in [0.05, 0.1) is 24.9 Å². The first kappa shape index (κ1) is 43.9. The number of nitrogens with one attached hydrogen (secondary N) is 4. The summed E-state index contributed by atoms with van der Waals surface area (Å²) < 4.78 is 52.9. The summed E-state index contributed by atoms with van der Waals surface area (Å²) in [6.07, 6.45) is 6.22. The predicted octanol–water partition coefficient (Wildman–Crippen LogP) is 9.46. The highest BCUT2D eigenvalue weighted by molar-refractivity contribution is 7.49. The summed E-state index contributed by atoms with van der Waals surface area (Å²) in [5.74, 6) is 0.775. The van der Waals surface area contributed by atoms with Crippen LogP contribution in [-0.2, 0) is 35.0 Å².